The average molecular weight is 268 g/mol. The molecule has 0 rings (SSSR count). The van der Waals surface area contributed by atoms with Crippen LogP contribution in [0.2, 0.25) is 0 Å². The van der Waals surface area contributed by atoms with Crippen molar-refractivity contribution < 1.29 is 17.6 Å². The Labute approximate surface area is 85.7 Å². The highest BCUT2D eigenvalue weighted by atomic mass is 35.5. The molecule has 0 aliphatic heterocycles. The second kappa shape index (κ2) is 3.56. The van der Waals surface area contributed by atoms with Crippen LogP contribution < -0.4 is 0 Å². The molecule has 0 aromatic carbocycles. The van der Waals surface area contributed by atoms with E-state index in [1.165, 1.54) is 0 Å². The molecule has 0 amide bonds. The maximum Gasteiger partial charge on any atom is 0.421 e. The van der Waals surface area contributed by atoms with Gasteiger partial charge in [-0.2, -0.15) is 13.2 Å². The van der Waals surface area contributed by atoms with Crippen LogP contribution in [0.15, 0.2) is 0 Å². The van der Waals surface area contributed by atoms with E-state index in [9.17, 15) is 17.6 Å². The summed E-state index contributed by atoms with van der Waals surface area (Å²) >= 11 is 18.8. The summed E-state index contributed by atoms with van der Waals surface area (Å²) in [6.07, 6.45) is -6.42. The topological polar surface area (TPSA) is 0 Å². The third-order valence-electron chi connectivity index (χ3n) is 0.837. The predicted octanol–water partition coefficient (Wildman–Crippen LogP) is 4.21. The summed E-state index contributed by atoms with van der Waals surface area (Å²) in [5, 5.41) is 0. The molecular formula is C4H2Cl4F4. The van der Waals surface area contributed by atoms with Crippen LogP contribution in [0.1, 0.15) is 6.42 Å². The number of hydrogen-bond donors (Lipinski definition) is 0. The second-order valence-electron chi connectivity index (χ2n) is 1.99. The maximum absolute atomic E-state index is 12.3. The molecule has 12 heavy (non-hydrogen) atoms. The van der Waals surface area contributed by atoms with Crippen LogP contribution in [0.5, 0.6) is 0 Å². The van der Waals surface area contributed by atoms with Crippen LogP contribution in [0.4, 0.5) is 17.6 Å². The molecule has 0 saturated heterocycles. The minimum absolute atomic E-state index is 1.45. The first-order valence-electron chi connectivity index (χ1n) is 2.47. The summed E-state index contributed by atoms with van der Waals surface area (Å²) in [5.74, 6) is 0. The van der Waals surface area contributed by atoms with Crippen molar-refractivity contribution in [2.75, 3.05) is 0 Å². The van der Waals surface area contributed by atoms with Crippen molar-refractivity contribution in [3.05, 3.63) is 0 Å². The van der Waals surface area contributed by atoms with Crippen molar-refractivity contribution in [2.45, 2.75) is 21.5 Å². The summed E-state index contributed by atoms with van der Waals surface area (Å²) < 4.78 is 41.4. The van der Waals surface area contributed by atoms with E-state index in [-0.39, 0.29) is 0 Å². The van der Waals surface area contributed by atoms with Gasteiger partial charge in [-0.15, -0.1) is 0 Å². The Morgan fingerprint density at radius 2 is 1.17 bits per heavy atom. The molecule has 0 aromatic heterocycles. The Morgan fingerprint density at radius 1 is 0.833 bits per heavy atom. The van der Waals surface area contributed by atoms with E-state index in [1.807, 2.05) is 0 Å². The highest BCUT2D eigenvalue weighted by molar-refractivity contribution is 6.52. The molecule has 0 nitrogen and oxygen atoms in total. The zero-order valence-electron chi connectivity index (χ0n) is 5.23. The van der Waals surface area contributed by atoms with Gasteiger partial charge in [0.25, 0.3) is 4.59 Å². The molecule has 0 aliphatic carbocycles. The smallest absolute Gasteiger partial charge is 0.208 e. The van der Waals surface area contributed by atoms with Gasteiger partial charge in [-0.1, -0.05) is 46.4 Å². The molecule has 0 bridgehead atoms. The third kappa shape index (κ3) is 4.21. The van der Waals surface area contributed by atoms with Crippen LogP contribution in [0.3, 0.4) is 0 Å². The minimum Gasteiger partial charge on any atom is -0.208 e. The van der Waals surface area contributed by atoms with Crippen molar-refractivity contribution in [3.63, 3.8) is 0 Å². The lowest BCUT2D eigenvalue weighted by Crippen LogP contribution is -2.37. The van der Waals surface area contributed by atoms with Crippen molar-refractivity contribution in [3.8, 4) is 0 Å². The molecule has 0 fully saturated rings. The fraction of sp³-hybridized carbons (Fsp3) is 1.00. The SMILES string of the molecule is FC(Cl)(Cl)CC(Cl)(Cl)C(F)(F)F. The summed E-state index contributed by atoms with van der Waals surface area (Å²) in [6, 6.07) is 0. The molecule has 0 N–H and O–H groups in total. The minimum atomic E-state index is -4.97. The van der Waals surface area contributed by atoms with Gasteiger partial charge >= 0.3 is 6.18 Å². The Bertz CT molecular complexity index is 157. The van der Waals surface area contributed by atoms with E-state index in [0.717, 1.165) is 0 Å². The van der Waals surface area contributed by atoms with Crippen molar-refractivity contribution in [1.29, 1.82) is 0 Å². The first-order valence-corrected chi connectivity index (χ1v) is 3.98. The van der Waals surface area contributed by atoms with E-state index in [2.05, 4.69) is 23.2 Å². The van der Waals surface area contributed by atoms with Gasteiger partial charge in [-0.3, -0.25) is 0 Å². The van der Waals surface area contributed by atoms with Crippen molar-refractivity contribution >= 4 is 46.4 Å². The molecule has 0 aliphatic rings. The third-order valence-corrected chi connectivity index (χ3v) is 1.80. The van der Waals surface area contributed by atoms with E-state index >= 15 is 0 Å². The molecule has 8 heteroatoms. The predicted molar refractivity (Wildman–Crippen MR) is 40.7 cm³/mol. The lowest BCUT2D eigenvalue weighted by molar-refractivity contribution is -0.145. The fourth-order valence-corrected chi connectivity index (χ4v) is 1.39. The molecule has 0 aromatic rings. The van der Waals surface area contributed by atoms with Crippen LogP contribution in [-0.4, -0.2) is 15.1 Å². The Kier molecular flexibility index (Phi) is 3.82. The van der Waals surface area contributed by atoms with Gasteiger partial charge in [-0.25, -0.2) is 4.39 Å². The van der Waals surface area contributed by atoms with Gasteiger partial charge in [0.2, 0.25) is 4.33 Å². The average Bonchev–Trinajstić information content (AvgIpc) is 1.52. The first-order chi connectivity index (χ1) is 4.96. The quantitative estimate of drug-likeness (QED) is 0.519. The van der Waals surface area contributed by atoms with Crippen molar-refractivity contribution in [1.82, 2.24) is 0 Å². The maximum atomic E-state index is 12.3. The number of rotatable bonds is 2. The van der Waals surface area contributed by atoms with E-state index in [0.29, 0.717) is 0 Å². The molecule has 0 saturated carbocycles. The summed E-state index contributed by atoms with van der Waals surface area (Å²) in [6.45, 7) is 0. The number of hydrogen-bond acceptors (Lipinski definition) is 0. The normalized spacial score (nSPS) is 15.0. The first kappa shape index (κ1) is 12.9. The van der Waals surface area contributed by atoms with E-state index < -0.39 is 21.5 Å². The molecule has 0 atom stereocenters. The second-order valence-corrected chi connectivity index (χ2v) is 4.87. The molecular weight excluding hydrogens is 266 g/mol. The molecule has 0 radical (unpaired) electrons. The molecule has 0 spiro atoms. The van der Waals surface area contributed by atoms with Crippen LogP contribution in [-0.2, 0) is 0 Å². The summed E-state index contributed by atoms with van der Waals surface area (Å²) in [4.78, 5) is 0. The van der Waals surface area contributed by atoms with Crippen molar-refractivity contribution in [2.24, 2.45) is 0 Å². The van der Waals surface area contributed by atoms with E-state index in [4.69, 9.17) is 23.2 Å². The van der Waals surface area contributed by atoms with Gasteiger partial charge in [0.05, 0.1) is 6.42 Å². The van der Waals surface area contributed by atoms with Crippen LogP contribution >= 0.6 is 46.4 Å². The standard InChI is InChI=1S/C4H2Cl4F4/c5-2(6,4(10,11)12)1-3(7,8)9/h1H2. The molecule has 0 unspecified atom stereocenters. The highest BCUT2D eigenvalue weighted by Crippen LogP contribution is 2.48. The zero-order valence-corrected chi connectivity index (χ0v) is 8.25. The van der Waals surface area contributed by atoms with Gasteiger partial charge in [0, 0.05) is 0 Å². The molecule has 0 heterocycles. The summed E-state index contributed by atoms with van der Waals surface area (Å²) in [7, 11) is 0. The number of alkyl halides is 8. The van der Waals surface area contributed by atoms with Gasteiger partial charge in [-0.05, 0) is 0 Å². The molecule has 74 valence electrons. The lowest BCUT2D eigenvalue weighted by Gasteiger charge is -2.25. The lowest BCUT2D eigenvalue weighted by atomic mass is 10.3. The summed E-state index contributed by atoms with van der Waals surface area (Å²) in [5.41, 5.74) is 0. The highest BCUT2D eigenvalue weighted by Gasteiger charge is 2.56. The van der Waals surface area contributed by atoms with E-state index in [1.54, 1.807) is 0 Å². The Morgan fingerprint density at radius 3 is 1.25 bits per heavy atom. The van der Waals surface area contributed by atoms with Gasteiger partial charge < -0.3 is 0 Å². The Hall–Kier alpha value is 0.880. The van der Waals surface area contributed by atoms with Gasteiger partial charge in [0.1, 0.15) is 0 Å². The number of halogens is 8. The van der Waals surface area contributed by atoms with Crippen LogP contribution in [0.25, 0.3) is 0 Å². The largest absolute Gasteiger partial charge is 0.421 e. The van der Waals surface area contributed by atoms with Gasteiger partial charge in [0.15, 0.2) is 0 Å². The Balaban J connectivity index is 4.44. The fourth-order valence-electron chi connectivity index (χ4n) is 0.352. The monoisotopic (exact) mass is 266 g/mol. The zero-order chi connectivity index (χ0) is 10.2. The van der Waals surface area contributed by atoms with Crippen LogP contribution in [0, 0.1) is 0 Å².